The van der Waals surface area contributed by atoms with Crippen LogP contribution in [0.3, 0.4) is 0 Å². The van der Waals surface area contributed by atoms with Crippen LogP contribution in [0.2, 0.25) is 0 Å². The molecule has 18 heavy (non-hydrogen) atoms. The average molecular weight is 229 g/mol. The van der Waals surface area contributed by atoms with Crippen LogP contribution >= 0.6 is 0 Å². The summed E-state index contributed by atoms with van der Waals surface area (Å²) in [6.45, 7) is 0. The van der Waals surface area contributed by atoms with Crippen LogP contribution in [0.5, 0.6) is 0 Å². The van der Waals surface area contributed by atoms with Crippen LogP contribution in [-0.2, 0) is 0 Å². The molecule has 0 aliphatic rings. The van der Waals surface area contributed by atoms with E-state index in [2.05, 4.69) is 23.2 Å². The highest BCUT2D eigenvalue weighted by Crippen LogP contribution is 2.32. The van der Waals surface area contributed by atoms with Crippen LogP contribution in [0.4, 0.5) is 0 Å². The van der Waals surface area contributed by atoms with Crippen LogP contribution in [-0.4, -0.2) is 12.8 Å². The second-order valence-electron chi connectivity index (χ2n) is 4.33. The lowest BCUT2D eigenvalue weighted by molar-refractivity contribution is 0.672. The van der Waals surface area contributed by atoms with Gasteiger partial charge < -0.3 is 4.42 Å². The number of fused-ring (bicyclic) bond motifs is 5. The summed E-state index contributed by atoms with van der Waals surface area (Å²) in [5, 5.41) is 4.19. The molecule has 0 atom stereocenters. The Hall–Kier alpha value is -2.29. The molecule has 4 aromatic rings. The Morgan fingerprint density at radius 2 is 1.83 bits per heavy atom. The van der Waals surface area contributed by atoms with Crippen molar-refractivity contribution in [2.45, 2.75) is 0 Å². The summed E-state index contributed by atoms with van der Waals surface area (Å²) >= 11 is 0. The number of hydrogen-bond acceptors (Lipinski definition) is 2. The molecule has 0 bridgehead atoms. The van der Waals surface area contributed by atoms with E-state index >= 15 is 0 Å². The lowest BCUT2D eigenvalue weighted by Crippen LogP contribution is -2.07. The molecule has 0 aliphatic carbocycles. The number of nitrogens with zero attached hydrogens (tertiary/aromatic N) is 1. The summed E-state index contributed by atoms with van der Waals surface area (Å²) in [5.74, 6) is 0. The summed E-state index contributed by atoms with van der Waals surface area (Å²) in [4.78, 5) is 4.13. The summed E-state index contributed by atoms with van der Waals surface area (Å²) in [6, 6.07) is 14.1. The summed E-state index contributed by atoms with van der Waals surface area (Å²) in [5.41, 5.74) is 2.18. The largest absolute Gasteiger partial charge is 0.455 e. The first-order valence-corrected chi connectivity index (χ1v) is 5.79. The molecule has 2 nitrogen and oxygen atoms in total. The van der Waals surface area contributed by atoms with E-state index in [9.17, 15) is 0 Å². The van der Waals surface area contributed by atoms with Gasteiger partial charge in [-0.05, 0) is 23.1 Å². The van der Waals surface area contributed by atoms with Gasteiger partial charge in [0.1, 0.15) is 19.0 Å². The highest BCUT2D eigenvalue weighted by atomic mass is 16.3. The normalized spacial score (nSPS) is 11.6. The van der Waals surface area contributed by atoms with Gasteiger partial charge in [-0.1, -0.05) is 30.3 Å². The SMILES string of the molecule is [B]c1nccc2oc3c4ccccc4ccc3c12. The lowest BCUT2D eigenvalue weighted by Gasteiger charge is -1.97. The quantitative estimate of drug-likeness (QED) is 0.433. The molecule has 0 saturated heterocycles. The second kappa shape index (κ2) is 3.36. The lowest BCUT2D eigenvalue weighted by atomic mass is 9.97. The molecule has 0 N–H and O–H groups in total. The van der Waals surface area contributed by atoms with E-state index in [1.807, 2.05) is 24.3 Å². The second-order valence-corrected chi connectivity index (χ2v) is 4.33. The molecule has 2 radical (unpaired) electrons. The summed E-state index contributed by atoms with van der Waals surface area (Å²) in [6.07, 6.45) is 1.67. The number of furan rings is 1. The standard InChI is InChI=1S/C15H8BNO/c16-15-13-11-6-5-9-3-1-2-4-10(9)14(11)18-12(13)7-8-17-15/h1-8H. The number of hydrogen-bond donors (Lipinski definition) is 0. The van der Waals surface area contributed by atoms with Crippen molar-refractivity contribution in [2.24, 2.45) is 0 Å². The zero-order chi connectivity index (χ0) is 12.1. The molecule has 82 valence electrons. The van der Waals surface area contributed by atoms with Crippen LogP contribution < -0.4 is 5.59 Å². The van der Waals surface area contributed by atoms with Crippen molar-refractivity contribution in [3.05, 3.63) is 48.7 Å². The zero-order valence-corrected chi connectivity index (χ0v) is 9.55. The molecular formula is C15H8BNO. The van der Waals surface area contributed by atoms with Crippen LogP contribution in [0.25, 0.3) is 32.7 Å². The van der Waals surface area contributed by atoms with Crippen molar-refractivity contribution >= 4 is 46.2 Å². The first kappa shape index (κ1) is 9.72. The molecule has 2 aromatic heterocycles. The molecule has 0 saturated carbocycles. The Morgan fingerprint density at radius 1 is 0.944 bits per heavy atom. The van der Waals surface area contributed by atoms with Crippen LogP contribution in [0.1, 0.15) is 0 Å². The molecule has 0 aliphatic heterocycles. The summed E-state index contributed by atoms with van der Waals surface area (Å²) in [7, 11) is 5.94. The van der Waals surface area contributed by atoms with Gasteiger partial charge in [0.05, 0.1) is 0 Å². The predicted molar refractivity (Wildman–Crippen MR) is 74.4 cm³/mol. The molecule has 0 amide bonds. The van der Waals surface area contributed by atoms with Gasteiger partial charge >= 0.3 is 0 Å². The maximum Gasteiger partial charge on any atom is 0.143 e. The molecule has 0 spiro atoms. The fourth-order valence-corrected chi connectivity index (χ4v) is 2.47. The van der Waals surface area contributed by atoms with Crippen molar-refractivity contribution in [2.75, 3.05) is 0 Å². The minimum Gasteiger partial charge on any atom is -0.455 e. The van der Waals surface area contributed by atoms with E-state index in [0.29, 0.717) is 5.59 Å². The third-order valence-corrected chi connectivity index (χ3v) is 3.30. The van der Waals surface area contributed by atoms with E-state index in [1.165, 1.54) is 0 Å². The highest BCUT2D eigenvalue weighted by molar-refractivity contribution is 6.40. The topological polar surface area (TPSA) is 26.0 Å². The van der Waals surface area contributed by atoms with E-state index in [-0.39, 0.29) is 0 Å². The number of benzene rings is 2. The number of aromatic nitrogens is 1. The van der Waals surface area contributed by atoms with Gasteiger partial charge in [0.2, 0.25) is 0 Å². The minimum absolute atomic E-state index is 0.515. The third-order valence-electron chi connectivity index (χ3n) is 3.30. The Labute approximate surface area is 105 Å². The predicted octanol–water partition coefficient (Wildman–Crippen LogP) is 2.93. The molecular weight excluding hydrogens is 221 g/mol. The van der Waals surface area contributed by atoms with Crippen molar-refractivity contribution in [1.82, 2.24) is 4.98 Å². The fraction of sp³-hybridized carbons (Fsp3) is 0. The van der Waals surface area contributed by atoms with Crippen LogP contribution in [0.15, 0.2) is 53.1 Å². The maximum atomic E-state index is 5.94. The van der Waals surface area contributed by atoms with Gasteiger partial charge in [-0.3, -0.25) is 4.98 Å². The van der Waals surface area contributed by atoms with Gasteiger partial charge in [0, 0.05) is 22.4 Å². The maximum absolute atomic E-state index is 5.94. The van der Waals surface area contributed by atoms with Gasteiger partial charge in [-0.15, -0.1) is 0 Å². The number of pyridine rings is 1. The Balaban J connectivity index is 2.34. The highest BCUT2D eigenvalue weighted by Gasteiger charge is 2.11. The van der Waals surface area contributed by atoms with E-state index < -0.39 is 0 Å². The third kappa shape index (κ3) is 1.16. The van der Waals surface area contributed by atoms with Crippen molar-refractivity contribution in [3.8, 4) is 0 Å². The molecule has 0 unspecified atom stereocenters. The Bertz CT molecular complexity index is 895. The molecule has 3 heteroatoms. The van der Waals surface area contributed by atoms with Gasteiger partial charge in [-0.25, -0.2) is 0 Å². The average Bonchev–Trinajstić information content (AvgIpc) is 2.79. The number of rotatable bonds is 0. The molecule has 0 fully saturated rings. The van der Waals surface area contributed by atoms with Gasteiger partial charge in [0.25, 0.3) is 0 Å². The van der Waals surface area contributed by atoms with Crippen molar-refractivity contribution in [3.63, 3.8) is 0 Å². The molecule has 2 heterocycles. The molecule has 2 aromatic carbocycles. The fourth-order valence-electron chi connectivity index (χ4n) is 2.47. The monoisotopic (exact) mass is 229 g/mol. The van der Waals surface area contributed by atoms with E-state index in [4.69, 9.17) is 12.3 Å². The van der Waals surface area contributed by atoms with Gasteiger partial charge in [-0.2, -0.15) is 0 Å². The van der Waals surface area contributed by atoms with E-state index in [1.54, 1.807) is 6.20 Å². The molecule has 4 rings (SSSR count). The smallest absolute Gasteiger partial charge is 0.143 e. The Morgan fingerprint density at radius 3 is 2.78 bits per heavy atom. The van der Waals surface area contributed by atoms with E-state index in [0.717, 1.165) is 32.7 Å². The zero-order valence-electron chi connectivity index (χ0n) is 9.55. The van der Waals surface area contributed by atoms with Crippen molar-refractivity contribution < 1.29 is 4.42 Å². The van der Waals surface area contributed by atoms with Crippen LogP contribution in [0, 0.1) is 0 Å². The summed E-state index contributed by atoms with van der Waals surface area (Å²) < 4.78 is 5.93. The van der Waals surface area contributed by atoms with Crippen molar-refractivity contribution in [1.29, 1.82) is 0 Å². The first-order valence-electron chi connectivity index (χ1n) is 5.79. The minimum atomic E-state index is 0.515. The Kier molecular flexibility index (Phi) is 1.81. The van der Waals surface area contributed by atoms with Gasteiger partial charge in [0.15, 0.2) is 0 Å². The first-order chi connectivity index (χ1) is 8.84.